The summed E-state index contributed by atoms with van der Waals surface area (Å²) in [4.78, 5) is 13.7. The molecule has 5 aromatic rings. The largest absolute Gasteiger partial charge is 0.340 e. The highest BCUT2D eigenvalue weighted by Crippen LogP contribution is 2.26. The lowest BCUT2D eigenvalue weighted by atomic mass is 9.98. The van der Waals surface area contributed by atoms with Gasteiger partial charge in [0.2, 0.25) is 0 Å². The van der Waals surface area contributed by atoms with Crippen molar-refractivity contribution < 1.29 is 9.18 Å². The first-order valence-electron chi connectivity index (χ1n) is 11.4. The van der Waals surface area contributed by atoms with E-state index in [1.165, 1.54) is 6.07 Å². The number of halogens is 1. The van der Waals surface area contributed by atoms with Crippen LogP contribution in [0.3, 0.4) is 0 Å². The first-order valence-corrected chi connectivity index (χ1v) is 11.4. The van der Waals surface area contributed by atoms with Gasteiger partial charge in [-0.15, -0.1) is 0 Å². The normalized spacial score (nSPS) is 10.9. The second-order valence-electron chi connectivity index (χ2n) is 8.37. The average Bonchev–Trinajstić information content (AvgIpc) is 3.34. The van der Waals surface area contributed by atoms with E-state index < -0.39 is 0 Å². The molecule has 0 fully saturated rings. The van der Waals surface area contributed by atoms with Crippen molar-refractivity contribution in [1.29, 1.82) is 0 Å². The number of carbonyl (C=O) groups is 1. The number of benzene rings is 4. The molecule has 4 aromatic carbocycles. The molecule has 0 aliphatic heterocycles. The van der Waals surface area contributed by atoms with Gasteiger partial charge in [0.05, 0.1) is 17.4 Å². The Morgan fingerprint density at radius 2 is 1.37 bits per heavy atom. The standard InChI is InChI=1S/C30H24FN3O/c1-21-16-18-24(19-17-21)34-28(20-27(33-34)25-14-8-9-15-26(25)31)30(35)32-29(22-10-4-2-5-11-22)23-12-6-3-7-13-23/h2-20,29H,1H3,(H,32,35). The second-order valence-corrected chi connectivity index (χ2v) is 8.37. The molecule has 0 spiro atoms. The number of rotatable bonds is 6. The molecule has 0 atom stereocenters. The van der Waals surface area contributed by atoms with E-state index in [9.17, 15) is 9.18 Å². The van der Waals surface area contributed by atoms with Crippen molar-refractivity contribution in [3.8, 4) is 16.9 Å². The molecule has 0 radical (unpaired) electrons. The first-order chi connectivity index (χ1) is 17.1. The molecule has 4 nitrogen and oxygen atoms in total. The lowest BCUT2D eigenvalue weighted by Gasteiger charge is -2.20. The topological polar surface area (TPSA) is 46.9 Å². The van der Waals surface area contributed by atoms with E-state index in [4.69, 9.17) is 0 Å². The van der Waals surface area contributed by atoms with E-state index >= 15 is 0 Å². The van der Waals surface area contributed by atoms with Crippen LogP contribution in [0.2, 0.25) is 0 Å². The summed E-state index contributed by atoms with van der Waals surface area (Å²) in [6.07, 6.45) is 0. The molecule has 0 aliphatic rings. The predicted octanol–water partition coefficient (Wildman–Crippen LogP) is 6.51. The van der Waals surface area contributed by atoms with Gasteiger partial charge in [0.25, 0.3) is 5.91 Å². The molecule has 0 saturated carbocycles. The summed E-state index contributed by atoms with van der Waals surface area (Å²) in [7, 11) is 0. The Kier molecular flexibility index (Phi) is 6.22. The van der Waals surface area contributed by atoms with Crippen LogP contribution >= 0.6 is 0 Å². The van der Waals surface area contributed by atoms with Crippen molar-refractivity contribution in [2.75, 3.05) is 0 Å². The highest BCUT2D eigenvalue weighted by Gasteiger charge is 2.23. The van der Waals surface area contributed by atoms with Gasteiger partial charge in [0.1, 0.15) is 11.5 Å². The number of aryl methyl sites for hydroxylation is 1. The van der Waals surface area contributed by atoms with Gasteiger partial charge in [-0.2, -0.15) is 5.10 Å². The molecule has 0 saturated heterocycles. The van der Waals surface area contributed by atoms with E-state index in [1.807, 2.05) is 91.9 Å². The Bertz CT molecular complexity index is 1400. The van der Waals surface area contributed by atoms with Crippen molar-refractivity contribution in [2.45, 2.75) is 13.0 Å². The lowest BCUT2D eigenvalue weighted by Crippen LogP contribution is -2.31. The van der Waals surface area contributed by atoms with Crippen LogP contribution in [-0.4, -0.2) is 15.7 Å². The Balaban J connectivity index is 1.58. The number of nitrogens with zero attached hydrogens (tertiary/aromatic N) is 2. The van der Waals surface area contributed by atoms with Crippen molar-refractivity contribution >= 4 is 5.91 Å². The highest BCUT2D eigenvalue weighted by atomic mass is 19.1. The van der Waals surface area contributed by atoms with E-state index in [1.54, 1.807) is 28.9 Å². The van der Waals surface area contributed by atoms with Gasteiger partial charge in [0, 0.05) is 5.56 Å². The molecule has 1 N–H and O–H groups in total. The first kappa shape index (κ1) is 22.3. The number of amides is 1. The van der Waals surface area contributed by atoms with E-state index in [2.05, 4.69) is 10.4 Å². The van der Waals surface area contributed by atoms with Gasteiger partial charge in [0.15, 0.2) is 0 Å². The second kappa shape index (κ2) is 9.77. The summed E-state index contributed by atoms with van der Waals surface area (Å²) in [6.45, 7) is 2.00. The zero-order valence-electron chi connectivity index (χ0n) is 19.2. The number of hydrogen-bond acceptors (Lipinski definition) is 2. The van der Waals surface area contributed by atoms with E-state index in [0.29, 0.717) is 17.0 Å². The number of hydrogen-bond donors (Lipinski definition) is 1. The molecule has 0 bridgehead atoms. The maximum Gasteiger partial charge on any atom is 0.270 e. The Morgan fingerprint density at radius 1 is 0.800 bits per heavy atom. The molecular weight excluding hydrogens is 437 g/mol. The fourth-order valence-corrected chi connectivity index (χ4v) is 4.08. The highest BCUT2D eigenvalue weighted by molar-refractivity contribution is 5.95. The quantitative estimate of drug-likeness (QED) is 0.313. The van der Waals surface area contributed by atoms with Crippen LogP contribution in [0.4, 0.5) is 4.39 Å². The third kappa shape index (κ3) is 4.75. The number of nitrogens with one attached hydrogen (secondary N) is 1. The van der Waals surface area contributed by atoms with Gasteiger partial charge in [-0.3, -0.25) is 4.79 Å². The van der Waals surface area contributed by atoms with Crippen LogP contribution in [0.15, 0.2) is 115 Å². The fraction of sp³-hybridized carbons (Fsp3) is 0.0667. The Labute approximate surface area is 203 Å². The van der Waals surface area contributed by atoms with Gasteiger partial charge >= 0.3 is 0 Å². The zero-order chi connectivity index (χ0) is 24.2. The van der Waals surface area contributed by atoms with E-state index in [0.717, 1.165) is 22.4 Å². The molecule has 5 rings (SSSR count). The lowest BCUT2D eigenvalue weighted by molar-refractivity contribution is 0.0935. The van der Waals surface area contributed by atoms with Crippen molar-refractivity contribution in [3.05, 3.63) is 143 Å². The molecule has 0 unspecified atom stereocenters. The van der Waals surface area contributed by atoms with Crippen LogP contribution in [-0.2, 0) is 0 Å². The minimum absolute atomic E-state index is 0.307. The van der Waals surface area contributed by atoms with Crippen molar-refractivity contribution in [3.63, 3.8) is 0 Å². The Morgan fingerprint density at radius 3 is 1.97 bits per heavy atom. The summed E-state index contributed by atoms with van der Waals surface area (Å²) in [6, 6.07) is 35.1. The number of carbonyl (C=O) groups excluding carboxylic acids is 1. The molecular formula is C30H24FN3O. The Hall–Kier alpha value is -4.51. The molecule has 1 heterocycles. The summed E-state index contributed by atoms with van der Waals surface area (Å²) < 4.78 is 16.1. The fourth-order valence-electron chi connectivity index (χ4n) is 4.08. The smallest absolute Gasteiger partial charge is 0.270 e. The third-order valence-electron chi connectivity index (χ3n) is 5.91. The maximum atomic E-state index is 14.6. The molecule has 5 heteroatoms. The summed E-state index contributed by atoms with van der Waals surface area (Å²) in [5, 5.41) is 7.80. The van der Waals surface area contributed by atoms with Crippen LogP contribution in [0.5, 0.6) is 0 Å². The molecule has 35 heavy (non-hydrogen) atoms. The van der Waals surface area contributed by atoms with Gasteiger partial charge in [-0.1, -0.05) is 90.5 Å². The summed E-state index contributed by atoms with van der Waals surface area (Å²) in [5.74, 6) is -0.696. The monoisotopic (exact) mass is 461 g/mol. The minimum Gasteiger partial charge on any atom is -0.340 e. The average molecular weight is 462 g/mol. The van der Waals surface area contributed by atoms with Crippen LogP contribution in [0.25, 0.3) is 16.9 Å². The molecule has 1 amide bonds. The molecule has 0 aliphatic carbocycles. The van der Waals surface area contributed by atoms with E-state index in [-0.39, 0.29) is 17.8 Å². The van der Waals surface area contributed by atoms with Gasteiger partial charge in [-0.25, -0.2) is 9.07 Å². The minimum atomic E-state index is -0.389. The summed E-state index contributed by atoms with van der Waals surface area (Å²) >= 11 is 0. The maximum absolute atomic E-state index is 14.6. The van der Waals surface area contributed by atoms with Crippen molar-refractivity contribution in [1.82, 2.24) is 15.1 Å². The van der Waals surface area contributed by atoms with Crippen LogP contribution in [0.1, 0.15) is 33.2 Å². The van der Waals surface area contributed by atoms with Gasteiger partial charge < -0.3 is 5.32 Å². The van der Waals surface area contributed by atoms with Crippen molar-refractivity contribution in [2.24, 2.45) is 0 Å². The molecule has 1 aromatic heterocycles. The van der Waals surface area contributed by atoms with Gasteiger partial charge in [-0.05, 0) is 48.4 Å². The molecule has 172 valence electrons. The van der Waals surface area contributed by atoms with Crippen LogP contribution in [0, 0.1) is 12.7 Å². The number of aromatic nitrogens is 2. The SMILES string of the molecule is Cc1ccc(-n2nc(-c3ccccc3F)cc2C(=O)NC(c2ccccc2)c2ccccc2)cc1. The predicted molar refractivity (Wildman–Crippen MR) is 136 cm³/mol. The zero-order valence-corrected chi connectivity index (χ0v) is 19.2. The third-order valence-corrected chi connectivity index (χ3v) is 5.91. The summed E-state index contributed by atoms with van der Waals surface area (Å²) in [5.41, 5.74) is 4.79. The van der Waals surface area contributed by atoms with Crippen LogP contribution < -0.4 is 5.32 Å².